The molecule has 30 heavy (non-hydrogen) atoms. The van der Waals surface area contributed by atoms with Crippen LogP contribution in [0.2, 0.25) is 0 Å². The average molecular weight is 425 g/mol. The maximum absolute atomic E-state index is 13.0. The molecule has 1 N–H and O–H groups in total. The molecule has 1 fully saturated rings. The smallest absolute Gasteiger partial charge is 0.241 e. The molecule has 1 unspecified atom stereocenters. The third-order valence-electron chi connectivity index (χ3n) is 5.27. The van der Waals surface area contributed by atoms with Gasteiger partial charge in [-0.3, -0.25) is 4.79 Å². The van der Waals surface area contributed by atoms with Gasteiger partial charge < -0.3 is 4.90 Å². The first-order valence-corrected chi connectivity index (χ1v) is 11.5. The highest BCUT2D eigenvalue weighted by Crippen LogP contribution is 2.25. The van der Waals surface area contributed by atoms with Crippen LogP contribution in [0.15, 0.2) is 71.9 Å². The number of aromatic nitrogens is 2. The summed E-state index contributed by atoms with van der Waals surface area (Å²) in [5.74, 6) is 0.0823. The van der Waals surface area contributed by atoms with E-state index < -0.39 is 16.1 Å². The lowest BCUT2D eigenvalue weighted by atomic mass is 10.1. The van der Waals surface area contributed by atoms with E-state index in [-0.39, 0.29) is 10.8 Å². The highest BCUT2D eigenvalue weighted by Gasteiger charge is 2.23. The van der Waals surface area contributed by atoms with Crippen molar-refractivity contribution in [3.8, 4) is 5.69 Å². The first-order valence-electron chi connectivity index (χ1n) is 9.97. The van der Waals surface area contributed by atoms with Crippen molar-refractivity contribution in [3.63, 3.8) is 0 Å². The fourth-order valence-corrected chi connectivity index (χ4v) is 4.94. The van der Waals surface area contributed by atoms with E-state index in [9.17, 15) is 13.2 Å². The number of anilines is 1. The summed E-state index contributed by atoms with van der Waals surface area (Å²) in [6.07, 6.45) is 5.90. The number of hydrogen-bond donors (Lipinski definition) is 1. The summed E-state index contributed by atoms with van der Waals surface area (Å²) in [6.45, 7) is 2.48. The summed E-state index contributed by atoms with van der Waals surface area (Å²) in [5.41, 5.74) is 2.37. The molecule has 156 valence electrons. The van der Waals surface area contributed by atoms with Crippen molar-refractivity contribution in [2.45, 2.75) is 37.1 Å². The van der Waals surface area contributed by atoms with Crippen LogP contribution in [0.1, 0.15) is 37.8 Å². The average Bonchev–Trinajstić information content (AvgIpc) is 3.29. The molecule has 0 radical (unpaired) electrons. The van der Waals surface area contributed by atoms with Gasteiger partial charge in [0.15, 0.2) is 0 Å². The van der Waals surface area contributed by atoms with Crippen LogP contribution >= 0.6 is 0 Å². The normalized spacial score (nSPS) is 15.9. The molecule has 1 amide bonds. The zero-order valence-corrected chi connectivity index (χ0v) is 17.5. The Balaban J connectivity index is 1.54. The Morgan fingerprint density at radius 1 is 1.03 bits per heavy atom. The van der Waals surface area contributed by atoms with E-state index >= 15 is 0 Å². The number of sulfonamides is 1. The van der Waals surface area contributed by atoms with E-state index in [1.54, 1.807) is 47.0 Å². The molecule has 7 nitrogen and oxygen atoms in total. The Morgan fingerprint density at radius 3 is 2.50 bits per heavy atom. The van der Waals surface area contributed by atoms with Crippen LogP contribution in [0.3, 0.4) is 0 Å². The van der Waals surface area contributed by atoms with E-state index in [0.717, 1.165) is 29.8 Å². The molecule has 2 heterocycles. The highest BCUT2D eigenvalue weighted by molar-refractivity contribution is 7.89. The second-order valence-electron chi connectivity index (χ2n) is 7.35. The Bertz CT molecular complexity index is 1130. The van der Waals surface area contributed by atoms with Crippen molar-refractivity contribution < 1.29 is 13.2 Å². The summed E-state index contributed by atoms with van der Waals surface area (Å²) < 4.78 is 30.4. The second kappa shape index (κ2) is 8.41. The molecule has 8 heteroatoms. The maximum Gasteiger partial charge on any atom is 0.241 e. The monoisotopic (exact) mass is 424 g/mol. The quantitative estimate of drug-likeness (QED) is 0.657. The van der Waals surface area contributed by atoms with Crippen LogP contribution in [-0.2, 0) is 14.8 Å². The molecule has 0 bridgehead atoms. The number of benzene rings is 2. The van der Waals surface area contributed by atoms with Crippen LogP contribution in [0.5, 0.6) is 0 Å². The number of nitrogens with one attached hydrogen (secondary N) is 1. The number of carbonyl (C=O) groups excluding carboxylic acids is 1. The van der Waals surface area contributed by atoms with Crippen molar-refractivity contribution in [2.24, 2.45) is 0 Å². The molecule has 1 saturated heterocycles. The molecular formula is C22H24N4O3S. The van der Waals surface area contributed by atoms with Gasteiger partial charge in [0.1, 0.15) is 0 Å². The standard InChI is InChI=1S/C22H24N4O3S/c1-17(20-7-2-3-8-21(20)26-16-6-14-23-26)24-30(28,29)19-12-10-18(11-13-19)25-15-5-4-9-22(25)27/h2-3,6-8,10-14,16-17,24H,4-5,9,15H2,1H3. The molecule has 0 aliphatic carbocycles. The van der Waals surface area contributed by atoms with Gasteiger partial charge in [-0.05, 0) is 61.7 Å². The zero-order valence-electron chi connectivity index (χ0n) is 16.7. The largest absolute Gasteiger partial charge is 0.312 e. The number of para-hydroxylation sites is 1. The number of nitrogens with zero attached hydrogens (tertiary/aromatic N) is 3. The van der Waals surface area contributed by atoms with E-state index in [4.69, 9.17) is 0 Å². The minimum absolute atomic E-state index is 0.0823. The van der Waals surface area contributed by atoms with Crippen LogP contribution in [0.4, 0.5) is 5.69 Å². The number of carbonyl (C=O) groups is 1. The van der Waals surface area contributed by atoms with Gasteiger partial charge in [-0.15, -0.1) is 0 Å². The third kappa shape index (κ3) is 4.15. The van der Waals surface area contributed by atoms with Crippen LogP contribution in [0.25, 0.3) is 5.69 Å². The topological polar surface area (TPSA) is 84.3 Å². The fraction of sp³-hybridized carbons (Fsp3) is 0.273. The Hall–Kier alpha value is -2.97. The van der Waals surface area contributed by atoms with Gasteiger partial charge in [-0.2, -0.15) is 5.10 Å². The lowest BCUT2D eigenvalue weighted by Crippen LogP contribution is -2.35. The molecule has 1 aromatic heterocycles. The fourth-order valence-electron chi connectivity index (χ4n) is 3.72. The number of piperidine rings is 1. The summed E-state index contributed by atoms with van der Waals surface area (Å²) in [5, 5.41) is 4.25. The van der Waals surface area contributed by atoms with Crippen LogP contribution < -0.4 is 9.62 Å². The molecule has 1 atom stereocenters. The van der Waals surface area contributed by atoms with Crippen LogP contribution in [-0.4, -0.2) is 30.7 Å². The van der Waals surface area contributed by atoms with Gasteiger partial charge in [0.2, 0.25) is 15.9 Å². The predicted molar refractivity (Wildman–Crippen MR) is 115 cm³/mol. The minimum Gasteiger partial charge on any atom is -0.312 e. The van der Waals surface area contributed by atoms with Gasteiger partial charge in [-0.25, -0.2) is 17.8 Å². The first-order chi connectivity index (χ1) is 14.5. The van der Waals surface area contributed by atoms with E-state index in [1.807, 2.05) is 36.5 Å². The number of rotatable bonds is 6. The molecule has 0 saturated carbocycles. The molecule has 3 aromatic rings. The summed E-state index contributed by atoms with van der Waals surface area (Å²) >= 11 is 0. The van der Waals surface area contributed by atoms with Gasteiger partial charge in [0, 0.05) is 37.1 Å². The van der Waals surface area contributed by atoms with E-state index in [1.165, 1.54) is 0 Å². The molecule has 1 aliphatic rings. The van der Waals surface area contributed by atoms with Crippen molar-refractivity contribution in [1.82, 2.24) is 14.5 Å². The minimum atomic E-state index is -3.74. The summed E-state index contributed by atoms with van der Waals surface area (Å²) in [4.78, 5) is 14.0. The van der Waals surface area contributed by atoms with Gasteiger partial charge >= 0.3 is 0 Å². The highest BCUT2D eigenvalue weighted by atomic mass is 32.2. The van der Waals surface area contributed by atoms with Gasteiger partial charge in [-0.1, -0.05) is 18.2 Å². The van der Waals surface area contributed by atoms with E-state index in [0.29, 0.717) is 13.0 Å². The van der Waals surface area contributed by atoms with Crippen molar-refractivity contribution in [1.29, 1.82) is 0 Å². The van der Waals surface area contributed by atoms with Gasteiger partial charge in [0.05, 0.1) is 10.6 Å². The summed E-state index contributed by atoms with van der Waals surface area (Å²) in [7, 11) is -3.74. The molecule has 1 aliphatic heterocycles. The van der Waals surface area contributed by atoms with Crippen LogP contribution in [0, 0.1) is 0 Å². The molecule has 4 rings (SSSR count). The Kier molecular flexibility index (Phi) is 5.69. The third-order valence-corrected chi connectivity index (χ3v) is 6.83. The Labute approximate surface area is 176 Å². The Morgan fingerprint density at radius 2 is 1.80 bits per heavy atom. The van der Waals surface area contributed by atoms with Gasteiger partial charge in [0.25, 0.3) is 0 Å². The van der Waals surface area contributed by atoms with Crippen molar-refractivity contribution in [3.05, 3.63) is 72.6 Å². The lowest BCUT2D eigenvalue weighted by Gasteiger charge is -2.27. The first kappa shape index (κ1) is 20.3. The molecular weight excluding hydrogens is 400 g/mol. The molecule has 0 spiro atoms. The SMILES string of the molecule is CC(NS(=O)(=O)c1ccc(N2CCCCC2=O)cc1)c1ccccc1-n1cccn1. The van der Waals surface area contributed by atoms with Crippen molar-refractivity contribution >= 4 is 21.6 Å². The maximum atomic E-state index is 13.0. The van der Waals surface area contributed by atoms with Crippen molar-refractivity contribution in [2.75, 3.05) is 11.4 Å². The van der Waals surface area contributed by atoms with E-state index in [2.05, 4.69) is 9.82 Å². The molecule has 2 aromatic carbocycles. The summed E-state index contributed by atoms with van der Waals surface area (Å²) in [6, 6.07) is 15.4. The number of amides is 1. The predicted octanol–water partition coefficient (Wildman–Crippen LogP) is 3.43. The zero-order chi connectivity index (χ0) is 21.1. The number of hydrogen-bond acceptors (Lipinski definition) is 4. The second-order valence-corrected chi connectivity index (χ2v) is 9.06. The lowest BCUT2D eigenvalue weighted by molar-refractivity contribution is -0.119.